The minimum absolute atomic E-state index is 0.892. The van der Waals surface area contributed by atoms with Crippen molar-refractivity contribution in [2.45, 2.75) is 272 Å². The zero-order chi connectivity index (χ0) is 44.2. The monoisotopic (exact) mass is 845 g/mol. The van der Waals surface area contributed by atoms with Crippen molar-refractivity contribution in [2.24, 2.45) is 9.98 Å². The molecule has 2 aromatic rings. The quantitative estimate of drug-likeness (QED) is 0.0364. The van der Waals surface area contributed by atoms with Crippen LogP contribution in [0.4, 0.5) is 11.4 Å². The van der Waals surface area contributed by atoms with E-state index in [1.165, 1.54) is 196 Å². The lowest BCUT2D eigenvalue weighted by Crippen LogP contribution is -2.15. The van der Waals surface area contributed by atoms with Crippen molar-refractivity contribution in [1.29, 1.82) is 0 Å². The zero-order valence-electron chi connectivity index (χ0n) is 41.4. The first-order chi connectivity index (χ1) is 30.7. The van der Waals surface area contributed by atoms with Crippen LogP contribution in [0.2, 0.25) is 0 Å². The second-order valence-electron chi connectivity index (χ2n) is 18.3. The Hall–Kier alpha value is -3.10. The molecule has 0 atom stereocenters. The van der Waals surface area contributed by atoms with Crippen LogP contribution < -0.4 is 0 Å². The van der Waals surface area contributed by atoms with Crippen molar-refractivity contribution in [3.63, 3.8) is 0 Å². The van der Waals surface area contributed by atoms with E-state index in [-0.39, 0.29) is 0 Å². The van der Waals surface area contributed by atoms with Gasteiger partial charge in [0.2, 0.25) is 0 Å². The lowest BCUT2D eigenvalue weighted by atomic mass is 10.00. The molecule has 2 rings (SSSR count). The highest BCUT2D eigenvalue weighted by atomic mass is 14.8. The zero-order valence-corrected chi connectivity index (χ0v) is 41.4. The summed E-state index contributed by atoms with van der Waals surface area (Å²) in [5.41, 5.74) is 7.17. The van der Waals surface area contributed by atoms with Gasteiger partial charge >= 0.3 is 0 Å². The van der Waals surface area contributed by atoms with E-state index < -0.39 is 0 Å². The Morgan fingerprint density at radius 1 is 0.323 bits per heavy atom. The molecular formula is C60H96N2. The molecule has 0 amide bonds. The van der Waals surface area contributed by atoms with Crippen LogP contribution >= 0.6 is 0 Å². The van der Waals surface area contributed by atoms with Gasteiger partial charge in [0.25, 0.3) is 0 Å². The Bertz CT molecular complexity index is 1520. The molecule has 346 valence electrons. The maximum absolute atomic E-state index is 5.52. The number of nitrogens with zero attached hydrogens (tertiary/aromatic N) is 2. The van der Waals surface area contributed by atoms with Crippen LogP contribution in [0.25, 0.3) is 0 Å². The maximum Gasteiger partial charge on any atom is 0.0666 e. The molecular weight excluding hydrogens is 749 g/mol. The van der Waals surface area contributed by atoms with Gasteiger partial charge in [-0.25, -0.2) is 0 Å². The van der Waals surface area contributed by atoms with Gasteiger partial charge < -0.3 is 0 Å². The Kier molecular flexibility index (Phi) is 37.2. The van der Waals surface area contributed by atoms with E-state index in [0.717, 1.165) is 82.0 Å². The predicted molar refractivity (Wildman–Crippen MR) is 279 cm³/mol. The lowest BCUT2D eigenvalue weighted by Gasteiger charge is -2.14. The molecule has 0 aliphatic heterocycles. The summed E-state index contributed by atoms with van der Waals surface area (Å²) in [6, 6.07) is 17.6. The molecule has 0 saturated heterocycles. The van der Waals surface area contributed by atoms with Gasteiger partial charge in [-0.1, -0.05) is 231 Å². The number of hydrogen-bond acceptors (Lipinski definition) is 2. The van der Waals surface area contributed by atoms with Crippen molar-refractivity contribution in [3.8, 4) is 23.7 Å². The van der Waals surface area contributed by atoms with E-state index in [1.54, 1.807) is 0 Å². The summed E-state index contributed by atoms with van der Waals surface area (Å²) in [4.78, 5) is 11.0. The number of hydrogen-bond donors (Lipinski definition) is 0. The van der Waals surface area contributed by atoms with Gasteiger partial charge in [-0.3, -0.25) is 9.98 Å². The highest BCUT2D eigenvalue weighted by Crippen LogP contribution is 2.26. The summed E-state index contributed by atoms with van der Waals surface area (Å²) in [6.07, 6.45) is 48.0. The summed E-state index contributed by atoms with van der Waals surface area (Å²) >= 11 is 0. The number of aryl methyl sites for hydroxylation is 2. The van der Waals surface area contributed by atoms with Crippen molar-refractivity contribution >= 4 is 22.8 Å². The van der Waals surface area contributed by atoms with Crippen LogP contribution in [-0.4, -0.2) is 11.4 Å². The molecule has 2 aromatic carbocycles. The molecule has 0 N–H and O–H groups in total. The molecule has 2 heteroatoms. The Balaban J connectivity index is 2.04. The SMILES string of the molecule is CCCCCCCCCCCCCC#CCCc1ccccc1N=C(CCCC)C(CCCCCCCC)=Nc1ccccc1CCC#CCCCCCCCCCCCCC. The Morgan fingerprint density at radius 2 is 0.613 bits per heavy atom. The largest absolute Gasteiger partial charge is 0.251 e. The average Bonchev–Trinajstić information content (AvgIpc) is 3.29. The standard InChI is InChI=1S/C60H96N2/c1-5-9-13-16-19-21-23-25-27-29-31-33-35-37-40-47-55-49-43-45-52-57(55)61-59(51-12-8-4)60(54-42-39-18-15-11-7-3)62-58-53-46-44-50-56(58)48-41-38-36-34-32-30-28-26-24-22-20-17-14-10-6-2/h43-46,49-50,52-53H,5-34,39-42,47-48,51,54H2,1-4H3. The van der Waals surface area contributed by atoms with Gasteiger partial charge in [-0.2, -0.15) is 0 Å². The molecule has 0 aliphatic carbocycles. The van der Waals surface area contributed by atoms with E-state index in [4.69, 9.17) is 9.98 Å². The number of rotatable bonds is 39. The summed E-state index contributed by atoms with van der Waals surface area (Å²) in [6.45, 7) is 9.19. The van der Waals surface area contributed by atoms with Crippen LogP contribution in [0.3, 0.4) is 0 Å². The summed E-state index contributed by atoms with van der Waals surface area (Å²) in [5.74, 6) is 14.0. The van der Waals surface area contributed by atoms with Crippen LogP contribution in [0.5, 0.6) is 0 Å². The van der Waals surface area contributed by atoms with Crippen molar-refractivity contribution in [2.75, 3.05) is 0 Å². The minimum Gasteiger partial charge on any atom is -0.251 e. The smallest absolute Gasteiger partial charge is 0.0666 e. The highest BCUT2D eigenvalue weighted by molar-refractivity contribution is 6.43. The van der Waals surface area contributed by atoms with Crippen LogP contribution in [0.15, 0.2) is 58.5 Å². The normalized spacial score (nSPS) is 11.7. The van der Waals surface area contributed by atoms with Gasteiger partial charge in [0.1, 0.15) is 0 Å². The fourth-order valence-corrected chi connectivity index (χ4v) is 8.40. The third-order valence-electron chi connectivity index (χ3n) is 12.5. The van der Waals surface area contributed by atoms with E-state index in [1.807, 2.05) is 0 Å². The molecule has 2 nitrogen and oxygen atoms in total. The first-order valence-corrected chi connectivity index (χ1v) is 27.0. The van der Waals surface area contributed by atoms with Crippen LogP contribution in [0.1, 0.15) is 270 Å². The maximum atomic E-state index is 5.52. The molecule has 0 radical (unpaired) electrons. The Morgan fingerprint density at radius 3 is 0.984 bits per heavy atom. The lowest BCUT2D eigenvalue weighted by molar-refractivity contribution is 0.551. The molecule has 0 heterocycles. The van der Waals surface area contributed by atoms with Crippen LogP contribution in [0, 0.1) is 23.7 Å². The first kappa shape index (κ1) is 55.0. The molecule has 0 saturated carbocycles. The van der Waals surface area contributed by atoms with Gasteiger partial charge in [0.15, 0.2) is 0 Å². The molecule has 0 fully saturated rings. The number of para-hydroxylation sites is 2. The van der Waals surface area contributed by atoms with Gasteiger partial charge in [-0.05, 0) is 74.6 Å². The second-order valence-corrected chi connectivity index (χ2v) is 18.3. The van der Waals surface area contributed by atoms with Crippen molar-refractivity contribution in [1.82, 2.24) is 0 Å². The average molecular weight is 845 g/mol. The number of unbranched alkanes of at least 4 members (excludes halogenated alkanes) is 28. The summed E-state index contributed by atoms with van der Waals surface area (Å²) in [5, 5.41) is 0. The minimum atomic E-state index is 0.892. The van der Waals surface area contributed by atoms with E-state index >= 15 is 0 Å². The van der Waals surface area contributed by atoms with E-state index in [0.29, 0.717) is 0 Å². The fraction of sp³-hybridized carbons (Fsp3) is 0.700. The summed E-state index contributed by atoms with van der Waals surface area (Å²) in [7, 11) is 0. The molecule has 0 aliphatic rings. The van der Waals surface area contributed by atoms with Crippen molar-refractivity contribution in [3.05, 3.63) is 59.7 Å². The molecule has 0 bridgehead atoms. The summed E-state index contributed by atoms with van der Waals surface area (Å²) < 4.78 is 0. The fourth-order valence-electron chi connectivity index (χ4n) is 8.40. The predicted octanol–water partition coefficient (Wildman–Crippen LogP) is 19.7. The third kappa shape index (κ3) is 30.1. The van der Waals surface area contributed by atoms with Gasteiger partial charge in [0, 0.05) is 25.7 Å². The highest BCUT2D eigenvalue weighted by Gasteiger charge is 2.13. The molecule has 0 spiro atoms. The molecule has 0 unspecified atom stereocenters. The van der Waals surface area contributed by atoms with E-state index in [9.17, 15) is 0 Å². The third-order valence-corrected chi connectivity index (χ3v) is 12.5. The number of benzene rings is 2. The van der Waals surface area contributed by atoms with Gasteiger partial charge in [-0.15, -0.1) is 23.7 Å². The second kappa shape index (κ2) is 41.9. The van der Waals surface area contributed by atoms with Gasteiger partial charge in [0.05, 0.1) is 22.8 Å². The molecule has 0 aromatic heterocycles. The Labute approximate surface area is 386 Å². The number of aliphatic imine (C=N–C) groups is 2. The van der Waals surface area contributed by atoms with E-state index in [2.05, 4.69) is 99.9 Å². The van der Waals surface area contributed by atoms with Crippen LogP contribution in [-0.2, 0) is 12.8 Å². The topological polar surface area (TPSA) is 24.7 Å². The van der Waals surface area contributed by atoms with Crippen molar-refractivity contribution < 1.29 is 0 Å². The molecule has 62 heavy (non-hydrogen) atoms. The first-order valence-electron chi connectivity index (χ1n) is 27.0.